The molecular formula is C15H21F2NO. The average molecular weight is 269 g/mol. The Balaban J connectivity index is 3.30. The molecule has 0 bridgehead atoms. The van der Waals surface area contributed by atoms with Gasteiger partial charge in [-0.3, -0.25) is 0 Å². The fourth-order valence-corrected chi connectivity index (χ4v) is 1.88. The van der Waals surface area contributed by atoms with Crippen molar-refractivity contribution in [3.63, 3.8) is 0 Å². The van der Waals surface area contributed by atoms with Crippen molar-refractivity contribution < 1.29 is 13.5 Å². The van der Waals surface area contributed by atoms with E-state index in [-0.39, 0.29) is 17.6 Å². The molecular weight excluding hydrogens is 248 g/mol. The topological polar surface area (TPSA) is 35.2 Å². The molecule has 0 aliphatic rings. The Labute approximate surface area is 113 Å². The highest BCUT2D eigenvalue weighted by Crippen LogP contribution is 2.35. The molecule has 4 heteroatoms. The molecule has 19 heavy (non-hydrogen) atoms. The van der Waals surface area contributed by atoms with Gasteiger partial charge in [-0.25, -0.2) is 0 Å². The minimum Gasteiger partial charge on any atom is -0.429 e. The molecule has 106 valence electrons. The normalized spacial score (nSPS) is 12.0. The summed E-state index contributed by atoms with van der Waals surface area (Å²) in [6, 6.07) is 3.15. The third kappa shape index (κ3) is 3.69. The Morgan fingerprint density at radius 1 is 1.16 bits per heavy atom. The first kappa shape index (κ1) is 15.5. The van der Waals surface area contributed by atoms with E-state index in [2.05, 4.69) is 11.3 Å². The molecule has 0 aromatic heterocycles. The zero-order valence-corrected chi connectivity index (χ0v) is 11.8. The molecule has 0 spiro atoms. The number of nitrogen functional groups attached to an aromatic ring is 1. The SMILES string of the molecule is C=CC(F)(F)Oc1cc(C(C)C)c(N)c(C(C)C)c1. The first-order chi connectivity index (χ1) is 8.68. The third-order valence-corrected chi connectivity index (χ3v) is 2.95. The van der Waals surface area contributed by atoms with Gasteiger partial charge in [-0.05, 0) is 35.1 Å². The Hall–Kier alpha value is -1.58. The van der Waals surface area contributed by atoms with E-state index < -0.39 is 6.11 Å². The molecule has 0 amide bonds. The standard InChI is InChI=1S/C15H21F2NO/c1-6-15(16,17)19-11-7-12(9(2)3)14(18)13(8-11)10(4)5/h6-10H,1,18H2,2-5H3. The maximum absolute atomic E-state index is 13.2. The number of rotatable bonds is 5. The number of nitrogens with two attached hydrogens (primary N) is 1. The van der Waals surface area contributed by atoms with Gasteiger partial charge in [0.15, 0.2) is 0 Å². The van der Waals surface area contributed by atoms with Crippen molar-refractivity contribution in [2.24, 2.45) is 0 Å². The maximum Gasteiger partial charge on any atom is 0.419 e. The number of halogens is 2. The largest absolute Gasteiger partial charge is 0.429 e. The van der Waals surface area contributed by atoms with Crippen LogP contribution in [-0.2, 0) is 0 Å². The summed E-state index contributed by atoms with van der Waals surface area (Å²) >= 11 is 0. The van der Waals surface area contributed by atoms with E-state index in [9.17, 15) is 8.78 Å². The zero-order valence-electron chi connectivity index (χ0n) is 11.8. The van der Waals surface area contributed by atoms with Gasteiger partial charge in [0.2, 0.25) is 0 Å². The van der Waals surface area contributed by atoms with Crippen LogP contribution in [-0.4, -0.2) is 6.11 Å². The highest BCUT2D eigenvalue weighted by molar-refractivity contribution is 5.59. The van der Waals surface area contributed by atoms with Gasteiger partial charge in [0.25, 0.3) is 0 Å². The van der Waals surface area contributed by atoms with Crippen LogP contribution in [0.1, 0.15) is 50.7 Å². The molecule has 1 aromatic rings. The van der Waals surface area contributed by atoms with E-state index in [0.29, 0.717) is 11.8 Å². The molecule has 0 heterocycles. The predicted molar refractivity (Wildman–Crippen MR) is 74.8 cm³/mol. The number of benzene rings is 1. The molecule has 2 N–H and O–H groups in total. The Morgan fingerprint density at radius 3 is 1.89 bits per heavy atom. The molecule has 1 aromatic carbocycles. The lowest BCUT2D eigenvalue weighted by Gasteiger charge is -2.20. The second-order valence-corrected chi connectivity index (χ2v) is 5.19. The number of anilines is 1. The molecule has 0 saturated carbocycles. The summed E-state index contributed by atoms with van der Waals surface area (Å²) in [6.07, 6.45) is -2.90. The van der Waals surface area contributed by atoms with Gasteiger partial charge in [-0.2, -0.15) is 8.78 Å². The number of hydrogen-bond acceptors (Lipinski definition) is 2. The van der Waals surface area contributed by atoms with Crippen molar-refractivity contribution in [2.45, 2.75) is 45.6 Å². The van der Waals surface area contributed by atoms with Gasteiger partial charge in [0.1, 0.15) is 5.75 Å². The minimum atomic E-state index is -3.38. The van der Waals surface area contributed by atoms with Gasteiger partial charge >= 0.3 is 6.11 Å². The van der Waals surface area contributed by atoms with Crippen LogP contribution in [0.25, 0.3) is 0 Å². The van der Waals surface area contributed by atoms with Gasteiger partial charge < -0.3 is 10.5 Å². The number of hydrogen-bond donors (Lipinski definition) is 1. The van der Waals surface area contributed by atoms with Crippen LogP contribution in [0.4, 0.5) is 14.5 Å². The third-order valence-electron chi connectivity index (χ3n) is 2.95. The minimum absolute atomic E-state index is 0.117. The zero-order chi connectivity index (χ0) is 14.8. The fourth-order valence-electron chi connectivity index (χ4n) is 1.88. The van der Waals surface area contributed by atoms with Crippen molar-refractivity contribution in [1.82, 2.24) is 0 Å². The molecule has 0 aliphatic carbocycles. The van der Waals surface area contributed by atoms with Gasteiger partial charge in [-0.15, -0.1) is 0 Å². The van der Waals surface area contributed by atoms with E-state index in [4.69, 9.17) is 5.73 Å². The van der Waals surface area contributed by atoms with E-state index in [1.54, 1.807) is 12.1 Å². The lowest BCUT2D eigenvalue weighted by atomic mass is 9.92. The van der Waals surface area contributed by atoms with Crippen LogP contribution in [0.15, 0.2) is 24.8 Å². The maximum atomic E-state index is 13.2. The van der Waals surface area contributed by atoms with E-state index in [0.717, 1.165) is 11.1 Å². The molecule has 0 atom stereocenters. The lowest BCUT2D eigenvalue weighted by Crippen LogP contribution is -2.21. The van der Waals surface area contributed by atoms with E-state index in [1.807, 2.05) is 27.7 Å². The van der Waals surface area contributed by atoms with Crippen LogP contribution in [0.5, 0.6) is 5.75 Å². The predicted octanol–water partition coefficient (Wildman–Crippen LogP) is 4.67. The summed E-state index contributed by atoms with van der Waals surface area (Å²) in [5.74, 6) is 0.392. The summed E-state index contributed by atoms with van der Waals surface area (Å²) in [4.78, 5) is 0. The van der Waals surface area contributed by atoms with Crippen LogP contribution in [0.2, 0.25) is 0 Å². The smallest absolute Gasteiger partial charge is 0.419 e. The fraction of sp³-hybridized carbons (Fsp3) is 0.467. The van der Waals surface area contributed by atoms with Crippen LogP contribution in [0.3, 0.4) is 0 Å². The molecule has 0 saturated heterocycles. The second-order valence-electron chi connectivity index (χ2n) is 5.19. The monoisotopic (exact) mass is 269 g/mol. The summed E-state index contributed by atoms with van der Waals surface area (Å²) in [5.41, 5.74) is 8.38. The molecule has 2 nitrogen and oxygen atoms in total. The van der Waals surface area contributed by atoms with E-state index in [1.165, 1.54) is 0 Å². The van der Waals surface area contributed by atoms with Crippen molar-refractivity contribution in [3.05, 3.63) is 35.9 Å². The van der Waals surface area contributed by atoms with Gasteiger partial charge in [-0.1, -0.05) is 34.3 Å². The average Bonchev–Trinajstić information content (AvgIpc) is 2.30. The van der Waals surface area contributed by atoms with Crippen molar-refractivity contribution in [3.8, 4) is 5.75 Å². The van der Waals surface area contributed by atoms with E-state index >= 15 is 0 Å². The first-order valence-corrected chi connectivity index (χ1v) is 6.31. The summed E-state index contributed by atoms with van der Waals surface area (Å²) in [7, 11) is 0. The van der Waals surface area contributed by atoms with Gasteiger partial charge in [0.05, 0.1) is 0 Å². The number of alkyl halides is 2. The number of ether oxygens (including phenoxy) is 1. The van der Waals surface area contributed by atoms with Crippen molar-refractivity contribution >= 4 is 5.69 Å². The molecule has 0 aliphatic heterocycles. The molecule has 1 rings (SSSR count). The highest BCUT2D eigenvalue weighted by Gasteiger charge is 2.27. The van der Waals surface area contributed by atoms with Crippen molar-refractivity contribution in [2.75, 3.05) is 5.73 Å². The Kier molecular flexibility index (Phi) is 4.56. The van der Waals surface area contributed by atoms with Crippen molar-refractivity contribution in [1.29, 1.82) is 0 Å². The Bertz CT molecular complexity index is 438. The molecule has 0 fully saturated rings. The molecule has 0 radical (unpaired) electrons. The Morgan fingerprint density at radius 2 is 1.58 bits per heavy atom. The van der Waals surface area contributed by atoms with Crippen LogP contribution >= 0.6 is 0 Å². The second kappa shape index (κ2) is 5.59. The summed E-state index contributed by atoms with van der Waals surface area (Å²) in [6.45, 7) is 10.9. The quantitative estimate of drug-likeness (QED) is 0.622. The molecule has 0 unspecified atom stereocenters. The first-order valence-electron chi connectivity index (χ1n) is 6.31. The summed E-state index contributed by atoms with van der Waals surface area (Å²) in [5, 5.41) is 0. The highest BCUT2D eigenvalue weighted by atomic mass is 19.3. The van der Waals surface area contributed by atoms with Crippen LogP contribution < -0.4 is 10.5 Å². The summed E-state index contributed by atoms with van der Waals surface area (Å²) < 4.78 is 31.1. The lowest BCUT2D eigenvalue weighted by molar-refractivity contribution is -0.131. The van der Waals surface area contributed by atoms with Crippen LogP contribution in [0, 0.1) is 0 Å². The van der Waals surface area contributed by atoms with Gasteiger partial charge in [0, 0.05) is 11.8 Å².